The third kappa shape index (κ3) is 12.6. The lowest BCUT2D eigenvalue weighted by Gasteiger charge is -2.46. The second kappa shape index (κ2) is 24.7. The van der Waals surface area contributed by atoms with Crippen LogP contribution in [0.15, 0.2) is 89.4 Å². The monoisotopic (exact) mass is 1110 g/mol. The number of phenols is 5. The number of rotatable bonds is 17. The standard InChI is InChI=1S/C53H56O26/c1-70-32-13-23(14-33(71-2)40(32)62)6-12-39(61)78-50-45(67)42(64)36(20-55)76-53(50)79-51-46(68)43(65)37(21-72-38(60)11-5-22-3-8-25(56)9-4-22)77-52(51)75-34-18-27-28(49-47(69)44(66)41(63)35(19-54)74-49)16-26(57)17-31(27)73-48(34)24-7-10-29(58)30(59)15-24/h3-18,35-37,41-47,49-55,63-69H,19-21H2,1-2H3,(H4-,56,57,58,59,60,61,62)/p+1/t35-,36-,37-,41-,42-,43-,44+,45+,46+,47-,49+,50-,51-,52-,53+/m1/s1. The minimum atomic E-state index is -2.19. The first-order chi connectivity index (χ1) is 37.7. The number of methoxy groups -OCH3 is 2. The summed E-state index contributed by atoms with van der Waals surface area (Å²) in [4.78, 5) is 26.5. The summed E-state index contributed by atoms with van der Waals surface area (Å²) in [5.74, 6) is -5.08. The van der Waals surface area contributed by atoms with Crippen LogP contribution in [0.25, 0.3) is 34.4 Å². The van der Waals surface area contributed by atoms with Gasteiger partial charge in [-0.1, -0.05) is 12.1 Å². The van der Waals surface area contributed by atoms with Crippen LogP contribution in [0.2, 0.25) is 0 Å². The van der Waals surface area contributed by atoms with Crippen molar-refractivity contribution in [2.45, 2.75) is 91.9 Å². The van der Waals surface area contributed by atoms with Gasteiger partial charge in [-0.15, -0.1) is 0 Å². The van der Waals surface area contributed by atoms with Gasteiger partial charge >= 0.3 is 23.3 Å². The summed E-state index contributed by atoms with van der Waals surface area (Å²) >= 11 is 0. The second-order valence-electron chi connectivity index (χ2n) is 18.4. The number of aromatic hydroxyl groups is 5. The molecule has 14 N–H and O–H groups in total. The number of hydrogen-bond acceptors (Lipinski definition) is 25. The highest BCUT2D eigenvalue weighted by Crippen LogP contribution is 2.45. The molecule has 0 radical (unpaired) electrons. The van der Waals surface area contributed by atoms with Crippen LogP contribution in [0.5, 0.6) is 46.0 Å². The maximum Gasteiger partial charge on any atom is 0.402 e. The smallest absolute Gasteiger partial charge is 0.402 e. The number of phenolic OH excluding ortho intramolecular Hbond substituents is 5. The molecule has 0 bridgehead atoms. The number of aliphatic hydroxyl groups excluding tert-OH is 9. The van der Waals surface area contributed by atoms with Crippen LogP contribution >= 0.6 is 0 Å². The number of carbonyl (C=O) groups excluding carboxylic acids is 2. The van der Waals surface area contributed by atoms with Crippen LogP contribution in [0, 0.1) is 0 Å². The Labute approximate surface area is 447 Å². The van der Waals surface area contributed by atoms with Gasteiger partial charge < -0.3 is 114 Å². The number of fused-ring (bicyclic) bond motifs is 1. The van der Waals surface area contributed by atoms with E-state index in [0.29, 0.717) is 5.56 Å². The lowest BCUT2D eigenvalue weighted by atomic mass is 9.89. The molecule has 0 spiro atoms. The highest BCUT2D eigenvalue weighted by Gasteiger charge is 2.54. The molecule has 0 unspecified atom stereocenters. The van der Waals surface area contributed by atoms with Crippen molar-refractivity contribution in [2.24, 2.45) is 0 Å². The minimum Gasteiger partial charge on any atom is -0.508 e. The number of benzene rings is 4. The van der Waals surface area contributed by atoms with E-state index in [9.17, 15) is 81.1 Å². The molecule has 26 heteroatoms. The Balaban J connectivity index is 1.19. The van der Waals surface area contributed by atoms with Gasteiger partial charge in [0.25, 0.3) is 0 Å². The van der Waals surface area contributed by atoms with Crippen molar-refractivity contribution in [1.82, 2.24) is 0 Å². The number of esters is 2. The maximum atomic E-state index is 13.5. The van der Waals surface area contributed by atoms with Crippen LogP contribution in [0.1, 0.15) is 22.8 Å². The topological polar surface area (TPSA) is 412 Å². The summed E-state index contributed by atoms with van der Waals surface area (Å²) in [6.07, 6.45) is -24.1. The zero-order valence-electron chi connectivity index (χ0n) is 41.7. The molecule has 4 heterocycles. The van der Waals surface area contributed by atoms with Gasteiger partial charge in [-0.05, 0) is 65.7 Å². The van der Waals surface area contributed by atoms with Crippen molar-refractivity contribution in [2.75, 3.05) is 34.0 Å². The molecule has 3 fully saturated rings. The van der Waals surface area contributed by atoms with Crippen molar-refractivity contribution in [1.29, 1.82) is 0 Å². The lowest BCUT2D eigenvalue weighted by Crippen LogP contribution is -2.65. The molecular weight excluding hydrogens is 1050 g/mol. The number of carbonyl (C=O) groups is 2. The Morgan fingerprint density at radius 1 is 0.582 bits per heavy atom. The normalized spacial score (nSPS) is 29.1. The molecule has 15 atom stereocenters. The SMILES string of the molecule is COc1cc(C=CC(=O)O[C@H]2[C@H](O[C@H]3[C@H](Oc4cc5c([C@@H]6O[C@H](CO)[C@@H](O)[C@H](O)[C@H]6O)cc(O)cc5[o+]c4-c4ccc(O)c(O)c4)O[C@H](COC(=O)C=Cc4ccc(O)cc4)[C@@H](O)[C@@H]3O)O[C@H](CO)[C@@H](O)[C@@H]2O)cc(OC)c1O. The Morgan fingerprint density at radius 2 is 1.19 bits per heavy atom. The quantitative estimate of drug-likeness (QED) is 0.0252. The fourth-order valence-corrected chi connectivity index (χ4v) is 8.94. The van der Waals surface area contributed by atoms with Crippen LogP contribution < -0.4 is 14.2 Å². The molecule has 79 heavy (non-hydrogen) atoms. The molecule has 3 aliphatic rings. The first-order valence-corrected chi connectivity index (χ1v) is 24.1. The summed E-state index contributed by atoms with van der Waals surface area (Å²) in [6.45, 7) is -2.59. The van der Waals surface area contributed by atoms with Crippen molar-refractivity contribution in [3.8, 4) is 57.3 Å². The maximum absolute atomic E-state index is 13.5. The molecule has 4 aromatic carbocycles. The number of ether oxygens (including phenoxy) is 9. The zero-order valence-corrected chi connectivity index (χ0v) is 41.7. The first kappa shape index (κ1) is 57.8. The fourth-order valence-electron chi connectivity index (χ4n) is 8.94. The summed E-state index contributed by atoms with van der Waals surface area (Å²) in [5.41, 5.74) is 0.370. The molecule has 0 saturated carbocycles. The second-order valence-corrected chi connectivity index (χ2v) is 18.4. The van der Waals surface area contributed by atoms with E-state index in [1.807, 2.05) is 0 Å². The van der Waals surface area contributed by atoms with Gasteiger partial charge in [-0.3, -0.25) is 0 Å². The molecule has 424 valence electrons. The van der Waals surface area contributed by atoms with E-state index in [0.717, 1.165) is 36.4 Å². The fraction of sp³-hybridized carbons (Fsp3) is 0.377. The number of aliphatic hydroxyl groups is 9. The molecule has 26 nitrogen and oxygen atoms in total. The number of hydrogen-bond donors (Lipinski definition) is 14. The molecule has 5 aromatic rings. The molecule has 0 aliphatic carbocycles. The van der Waals surface area contributed by atoms with Crippen LogP contribution in [-0.2, 0) is 38.0 Å². The predicted octanol–water partition coefficient (Wildman–Crippen LogP) is -0.0275. The van der Waals surface area contributed by atoms with Crippen LogP contribution in [-0.4, -0.2) is 203 Å². The van der Waals surface area contributed by atoms with Crippen molar-refractivity contribution in [3.63, 3.8) is 0 Å². The van der Waals surface area contributed by atoms with Gasteiger partial charge in [0.15, 0.2) is 41.5 Å². The van der Waals surface area contributed by atoms with Gasteiger partial charge in [0, 0.05) is 29.8 Å². The minimum absolute atomic E-state index is 0.0237. The Morgan fingerprint density at radius 3 is 1.85 bits per heavy atom. The van der Waals surface area contributed by atoms with E-state index in [1.54, 1.807) is 0 Å². The summed E-state index contributed by atoms with van der Waals surface area (Å²) < 4.78 is 58.1. The van der Waals surface area contributed by atoms with E-state index in [2.05, 4.69) is 0 Å². The third-order valence-corrected chi connectivity index (χ3v) is 13.2. The van der Waals surface area contributed by atoms with Gasteiger partial charge in [0.05, 0.1) is 44.4 Å². The van der Waals surface area contributed by atoms with E-state index >= 15 is 0 Å². The summed E-state index contributed by atoms with van der Waals surface area (Å²) in [7, 11) is 2.55. The van der Waals surface area contributed by atoms with E-state index < -0.39 is 147 Å². The largest absolute Gasteiger partial charge is 0.508 e. The Kier molecular flexibility index (Phi) is 18.1. The lowest BCUT2D eigenvalue weighted by molar-refractivity contribution is -0.358. The summed E-state index contributed by atoms with van der Waals surface area (Å²) in [5, 5.41) is 151. The van der Waals surface area contributed by atoms with Gasteiger partial charge in [-0.25, -0.2) is 14.0 Å². The molecule has 1 aromatic heterocycles. The zero-order chi connectivity index (χ0) is 57.0. The van der Waals surface area contributed by atoms with Crippen molar-refractivity contribution < 1.29 is 128 Å². The average Bonchev–Trinajstić information content (AvgIpc) is 3.54. The van der Waals surface area contributed by atoms with Gasteiger partial charge in [0.1, 0.15) is 85.2 Å². The molecule has 8 rings (SSSR count). The Hall–Kier alpha value is -7.41. The predicted molar refractivity (Wildman–Crippen MR) is 266 cm³/mol. The molecule has 0 amide bonds. The van der Waals surface area contributed by atoms with E-state index in [4.69, 9.17) is 47.0 Å². The van der Waals surface area contributed by atoms with E-state index in [1.165, 1.54) is 74.9 Å². The summed E-state index contributed by atoms with van der Waals surface area (Å²) in [6, 6.07) is 15.3. The molecule has 3 saturated heterocycles. The average molecular weight is 1110 g/mol. The molecule has 3 aliphatic heterocycles. The molecular formula is C53H57O26+. The highest BCUT2D eigenvalue weighted by atomic mass is 16.8. The van der Waals surface area contributed by atoms with E-state index in [-0.39, 0.29) is 56.4 Å². The van der Waals surface area contributed by atoms with Crippen molar-refractivity contribution in [3.05, 3.63) is 102 Å². The van der Waals surface area contributed by atoms with Gasteiger partial charge in [-0.2, -0.15) is 0 Å². The van der Waals surface area contributed by atoms with Crippen molar-refractivity contribution >= 4 is 35.1 Å². The highest BCUT2D eigenvalue weighted by molar-refractivity contribution is 5.89. The first-order valence-electron chi connectivity index (χ1n) is 24.1. The third-order valence-electron chi connectivity index (χ3n) is 13.2. The van der Waals surface area contributed by atoms with Gasteiger partial charge in [0.2, 0.25) is 17.8 Å². The Bertz CT molecular complexity index is 2990. The van der Waals surface area contributed by atoms with Crippen LogP contribution in [0.3, 0.4) is 0 Å². The van der Waals surface area contributed by atoms with Crippen LogP contribution in [0.4, 0.5) is 0 Å².